The summed E-state index contributed by atoms with van der Waals surface area (Å²) in [6, 6.07) is 0. The van der Waals surface area contributed by atoms with E-state index in [2.05, 4.69) is 93.7 Å². The maximum Gasteiger partial charge on any atom is 0.306 e. The molecule has 0 aromatic carbocycles. The summed E-state index contributed by atoms with van der Waals surface area (Å²) in [5.74, 6) is -0.958. The second-order valence-electron chi connectivity index (χ2n) is 15.3. The minimum absolute atomic E-state index is 0.0940. The highest BCUT2D eigenvalue weighted by molar-refractivity contribution is 5.71. The molecule has 0 radical (unpaired) electrons. The Kier molecular flexibility index (Phi) is 43.0. The van der Waals surface area contributed by atoms with Crippen molar-refractivity contribution in [2.45, 2.75) is 219 Å². The molecule has 0 aromatic rings. The zero-order chi connectivity index (χ0) is 41.5. The molecule has 0 amide bonds. The third-order valence-electron chi connectivity index (χ3n) is 9.70. The van der Waals surface area contributed by atoms with Gasteiger partial charge >= 0.3 is 17.9 Å². The molecule has 0 saturated heterocycles. The van der Waals surface area contributed by atoms with E-state index in [1.165, 1.54) is 64.2 Å². The summed E-state index contributed by atoms with van der Waals surface area (Å²) in [5.41, 5.74) is 0. The van der Waals surface area contributed by atoms with Crippen LogP contribution in [0.25, 0.3) is 0 Å². The van der Waals surface area contributed by atoms with Gasteiger partial charge in [-0.2, -0.15) is 0 Å². The summed E-state index contributed by atoms with van der Waals surface area (Å²) >= 11 is 0. The number of carbonyl (C=O) groups is 3. The van der Waals surface area contributed by atoms with E-state index in [1.807, 2.05) is 0 Å². The number of rotatable bonds is 41. The highest BCUT2D eigenvalue weighted by Crippen LogP contribution is 2.13. The van der Waals surface area contributed by atoms with Gasteiger partial charge in [-0.3, -0.25) is 14.4 Å². The van der Waals surface area contributed by atoms with Crippen LogP contribution in [0.1, 0.15) is 213 Å². The van der Waals surface area contributed by atoms with Crippen LogP contribution < -0.4 is 0 Å². The Morgan fingerprint density at radius 3 is 1.14 bits per heavy atom. The first-order valence-electron chi connectivity index (χ1n) is 23.4. The highest BCUT2D eigenvalue weighted by atomic mass is 16.6. The van der Waals surface area contributed by atoms with Gasteiger partial charge in [0.1, 0.15) is 13.2 Å². The summed E-state index contributed by atoms with van der Waals surface area (Å²) in [7, 11) is 0. The van der Waals surface area contributed by atoms with Crippen molar-refractivity contribution >= 4 is 17.9 Å². The number of carbonyl (C=O) groups excluding carboxylic acids is 3. The van der Waals surface area contributed by atoms with Crippen molar-refractivity contribution < 1.29 is 28.6 Å². The lowest BCUT2D eigenvalue weighted by Gasteiger charge is -2.18. The fourth-order valence-electron chi connectivity index (χ4n) is 6.17. The van der Waals surface area contributed by atoms with Gasteiger partial charge in [0.05, 0.1) is 0 Å². The van der Waals surface area contributed by atoms with E-state index in [1.54, 1.807) is 0 Å². The molecule has 57 heavy (non-hydrogen) atoms. The number of unbranched alkanes of at least 4 members (excludes halogenated alkanes) is 18. The van der Waals surface area contributed by atoms with Crippen molar-refractivity contribution in [1.82, 2.24) is 0 Å². The van der Waals surface area contributed by atoms with E-state index in [4.69, 9.17) is 14.2 Å². The van der Waals surface area contributed by atoms with Gasteiger partial charge < -0.3 is 14.2 Å². The number of hydrogen-bond acceptors (Lipinski definition) is 6. The molecule has 0 spiro atoms. The van der Waals surface area contributed by atoms with E-state index in [-0.39, 0.29) is 31.1 Å². The quantitative estimate of drug-likeness (QED) is 0.0265. The first kappa shape index (κ1) is 53.9. The lowest BCUT2D eigenvalue weighted by atomic mass is 10.1. The maximum absolute atomic E-state index is 12.7. The number of allylic oxidation sites excluding steroid dienone is 12. The first-order valence-corrected chi connectivity index (χ1v) is 23.4. The van der Waals surface area contributed by atoms with Crippen LogP contribution in [0.2, 0.25) is 0 Å². The van der Waals surface area contributed by atoms with Crippen molar-refractivity contribution in [1.29, 1.82) is 0 Å². The fourth-order valence-corrected chi connectivity index (χ4v) is 6.17. The van der Waals surface area contributed by atoms with Gasteiger partial charge in [0, 0.05) is 19.3 Å². The molecule has 6 nitrogen and oxygen atoms in total. The predicted octanol–water partition coefficient (Wildman–Crippen LogP) is 15.1. The second-order valence-corrected chi connectivity index (χ2v) is 15.3. The summed E-state index contributed by atoms with van der Waals surface area (Å²) in [6.45, 7) is 6.41. The summed E-state index contributed by atoms with van der Waals surface area (Å²) in [6.07, 6.45) is 56.0. The van der Waals surface area contributed by atoms with Crippen molar-refractivity contribution in [2.24, 2.45) is 0 Å². The molecule has 6 heteroatoms. The van der Waals surface area contributed by atoms with Gasteiger partial charge in [-0.15, -0.1) is 0 Å². The van der Waals surface area contributed by atoms with E-state index in [0.717, 1.165) is 109 Å². The maximum atomic E-state index is 12.7. The first-order chi connectivity index (χ1) is 28.0. The molecule has 0 aliphatic rings. The molecule has 0 aromatic heterocycles. The van der Waals surface area contributed by atoms with Crippen LogP contribution in [0, 0.1) is 0 Å². The number of ether oxygens (including phenoxy) is 3. The fraction of sp³-hybridized carbons (Fsp3) is 0.706. The molecule has 0 heterocycles. The van der Waals surface area contributed by atoms with Crippen molar-refractivity contribution in [3.05, 3.63) is 72.9 Å². The van der Waals surface area contributed by atoms with Crippen LogP contribution in [0.15, 0.2) is 72.9 Å². The van der Waals surface area contributed by atoms with Crippen molar-refractivity contribution in [2.75, 3.05) is 13.2 Å². The van der Waals surface area contributed by atoms with Gasteiger partial charge in [-0.1, -0.05) is 177 Å². The monoisotopic (exact) mass is 795 g/mol. The molecule has 0 aliphatic heterocycles. The molecule has 0 fully saturated rings. The molecule has 0 N–H and O–H groups in total. The topological polar surface area (TPSA) is 78.9 Å². The Bertz CT molecular complexity index is 1100. The largest absolute Gasteiger partial charge is 0.462 e. The lowest BCUT2D eigenvalue weighted by molar-refractivity contribution is -0.167. The highest BCUT2D eigenvalue weighted by Gasteiger charge is 2.19. The van der Waals surface area contributed by atoms with Gasteiger partial charge in [0.15, 0.2) is 6.10 Å². The Labute approximate surface area is 351 Å². The van der Waals surface area contributed by atoms with Gasteiger partial charge in [-0.05, 0) is 89.9 Å². The van der Waals surface area contributed by atoms with Gasteiger partial charge in [0.2, 0.25) is 0 Å². The minimum atomic E-state index is -0.795. The van der Waals surface area contributed by atoms with E-state index >= 15 is 0 Å². The summed E-state index contributed by atoms with van der Waals surface area (Å²) in [4.78, 5) is 37.7. The average Bonchev–Trinajstić information content (AvgIpc) is 3.21. The molecule has 1 atom stereocenters. The Hall–Kier alpha value is -3.15. The summed E-state index contributed by atoms with van der Waals surface area (Å²) in [5, 5.41) is 0. The minimum Gasteiger partial charge on any atom is -0.462 e. The van der Waals surface area contributed by atoms with E-state index in [9.17, 15) is 14.4 Å². The van der Waals surface area contributed by atoms with Crippen molar-refractivity contribution in [3.63, 3.8) is 0 Å². The molecule has 0 bridgehead atoms. The molecule has 1 unspecified atom stereocenters. The molecule has 0 rings (SSSR count). The SMILES string of the molecule is CC/C=C\C/C=C\C/C=C\C/C=C\CCCCC(=O)OCC(COC(=O)CCCCCCCCCCC)OC(=O)CCCCCCC/C=C\C/C=C\CCCCC. The smallest absolute Gasteiger partial charge is 0.306 e. The number of hydrogen-bond donors (Lipinski definition) is 0. The molecule has 0 aliphatic carbocycles. The Morgan fingerprint density at radius 1 is 0.368 bits per heavy atom. The van der Waals surface area contributed by atoms with Crippen LogP contribution in [0.5, 0.6) is 0 Å². The van der Waals surface area contributed by atoms with Crippen LogP contribution >= 0.6 is 0 Å². The Balaban J connectivity index is 4.46. The van der Waals surface area contributed by atoms with Crippen LogP contribution in [0.4, 0.5) is 0 Å². The number of esters is 3. The molecule has 0 saturated carbocycles. The molecule has 326 valence electrons. The Morgan fingerprint density at radius 2 is 0.684 bits per heavy atom. The van der Waals surface area contributed by atoms with E-state index in [0.29, 0.717) is 19.3 Å². The summed E-state index contributed by atoms with van der Waals surface area (Å²) < 4.78 is 16.7. The third kappa shape index (κ3) is 43.8. The predicted molar refractivity (Wildman–Crippen MR) is 242 cm³/mol. The average molecular weight is 795 g/mol. The third-order valence-corrected chi connectivity index (χ3v) is 9.70. The van der Waals surface area contributed by atoms with Crippen LogP contribution in [-0.4, -0.2) is 37.2 Å². The lowest BCUT2D eigenvalue weighted by Crippen LogP contribution is -2.30. The standard InChI is InChI=1S/C51H86O6/c1-4-7-10-13-16-19-21-23-25-27-29-32-35-38-41-44-50(53)56-47-48(46-55-49(52)43-40-37-34-31-18-15-12-9-6-3)57-51(54)45-42-39-36-33-30-28-26-24-22-20-17-14-11-8-5-2/h7,10,16-17,19-20,23-26,29,32,48H,4-6,8-9,11-15,18,21-22,27-28,30-31,33-47H2,1-3H3/b10-7-,19-16-,20-17-,25-23-,26-24-,32-29-. The van der Waals surface area contributed by atoms with Crippen LogP contribution in [0.3, 0.4) is 0 Å². The van der Waals surface area contributed by atoms with E-state index < -0.39 is 6.10 Å². The van der Waals surface area contributed by atoms with Crippen LogP contribution in [-0.2, 0) is 28.6 Å². The zero-order valence-corrected chi connectivity index (χ0v) is 37.1. The van der Waals surface area contributed by atoms with Gasteiger partial charge in [0.25, 0.3) is 0 Å². The zero-order valence-electron chi connectivity index (χ0n) is 37.1. The second kappa shape index (κ2) is 45.6. The van der Waals surface area contributed by atoms with Gasteiger partial charge in [-0.25, -0.2) is 0 Å². The van der Waals surface area contributed by atoms with Crippen molar-refractivity contribution in [3.8, 4) is 0 Å². The normalized spacial score (nSPS) is 12.7. The molecular weight excluding hydrogens is 709 g/mol. The molecular formula is C51H86O6.